The Balaban J connectivity index is 1.97. The fourth-order valence-electron chi connectivity index (χ4n) is 3.45. The first-order chi connectivity index (χ1) is 10.4. The summed E-state index contributed by atoms with van der Waals surface area (Å²) in [4.78, 5) is 0. The normalized spacial score (nSPS) is 20.5. The molecule has 0 aliphatic carbocycles. The molecule has 0 unspecified atom stereocenters. The van der Waals surface area contributed by atoms with E-state index in [1.54, 1.807) is 0 Å². The summed E-state index contributed by atoms with van der Waals surface area (Å²) < 4.78 is 11.3. The minimum atomic E-state index is -0.287. The lowest BCUT2D eigenvalue weighted by molar-refractivity contribution is -0.147. The zero-order valence-corrected chi connectivity index (χ0v) is 15.8. The standard InChI is InChI=1S/C20H40O2/c1-17(2)9-6-10-18(3)11-7-12-19(4)13-8-14-20(5)21-15-16-22-20/h17-19H,6-16H2,1-5H3/t18-,19-/m1/s1. The van der Waals surface area contributed by atoms with Crippen molar-refractivity contribution >= 4 is 0 Å². The Hall–Kier alpha value is -0.0800. The van der Waals surface area contributed by atoms with Crippen LogP contribution in [0, 0.1) is 17.8 Å². The Labute approximate surface area is 139 Å². The van der Waals surface area contributed by atoms with Crippen LogP contribution in [-0.2, 0) is 9.47 Å². The van der Waals surface area contributed by atoms with Crippen LogP contribution in [0.2, 0.25) is 0 Å². The van der Waals surface area contributed by atoms with E-state index in [2.05, 4.69) is 34.6 Å². The zero-order valence-electron chi connectivity index (χ0n) is 15.8. The minimum Gasteiger partial charge on any atom is -0.348 e. The lowest BCUT2D eigenvalue weighted by Gasteiger charge is -2.23. The third-order valence-electron chi connectivity index (χ3n) is 5.10. The van der Waals surface area contributed by atoms with Gasteiger partial charge >= 0.3 is 0 Å². The molecule has 2 nitrogen and oxygen atoms in total. The maximum Gasteiger partial charge on any atom is 0.165 e. The second-order valence-electron chi connectivity index (χ2n) is 8.19. The molecule has 0 radical (unpaired) electrons. The van der Waals surface area contributed by atoms with Gasteiger partial charge in [-0.05, 0) is 31.1 Å². The Morgan fingerprint density at radius 3 is 1.68 bits per heavy atom. The predicted molar refractivity (Wildman–Crippen MR) is 95.0 cm³/mol. The third-order valence-corrected chi connectivity index (χ3v) is 5.10. The van der Waals surface area contributed by atoms with Gasteiger partial charge in [-0.3, -0.25) is 0 Å². The van der Waals surface area contributed by atoms with Gasteiger partial charge in [-0.2, -0.15) is 0 Å². The maximum absolute atomic E-state index is 5.67. The molecule has 0 N–H and O–H groups in total. The Bertz CT molecular complexity index is 269. The van der Waals surface area contributed by atoms with Gasteiger partial charge in [-0.15, -0.1) is 0 Å². The minimum absolute atomic E-state index is 0.287. The number of rotatable bonds is 12. The van der Waals surface area contributed by atoms with Gasteiger partial charge in [0.05, 0.1) is 13.2 Å². The van der Waals surface area contributed by atoms with Crippen LogP contribution >= 0.6 is 0 Å². The molecule has 1 fully saturated rings. The smallest absolute Gasteiger partial charge is 0.165 e. The first-order valence-electron chi connectivity index (χ1n) is 9.69. The van der Waals surface area contributed by atoms with E-state index in [9.17, 15) is 0 Å². The lowest BCUT2D eigenvalue weighted by atomic mass is 9.91. The van der Waals surface area contributed by atoms with Crippen LogP contribution in [0.25, 0.3) is 0 Å². The summed E-state index contributed by atoms with van der Waals surface area (Å²) in [7, 11) is 0. The van der Waals surface area contributed by atoms with Crippen molar-refractivity contribution in [1.29, 1.82) is 0 Å². The largest absolute Gasteiger partial charge is 0.348 e. The molecule has 22 heavy (non-hydrogen) atoms. The molecule has 0 aromatic heterocycles. The molecule has 0 aromatic carbocycles. The fraction of sp³-hybridized carbons (Fsp3) is 1.00. The van der Waals surface area contributed by atoms with Crippen molar-refractivity contribution in [2.45, 2.75) is 98.2 Å². The molecule has 1 saturated heterocycles. The van der Waals surface area contributed by atoms with Crippen LogP contribution < -0.4 is 0 Å². The second kappa shape index (κ2) is 10.6. The number of ether oxygens (including phenoxy) is 2. The van der Waals surface area contributed by atoms with E-state index in [-0.39, 0.29) is 5.79 Å². The third kappa shape index (κ3) is 9.15. The molecule has 0 amide bonds. The van der Waals surface area contributed by atoms with Crippen molar-refractivity contribution in [3.8, 4) is 0 Å². The van der Waals surface area contributed by atoms with Gasteiger partial charge in [0.25, 0.3) is 0 Å². The molecule has 0 bridgehead atoms. The molecule has 2 heteroatoms. The van der Waals surface area contributed by atoms with Gasteiger partial charge in [0.2, 0.25) is 0 Å². The van der Waals surface area contributed by atoms with Gasteiger partial charge in [-0.1, -0.05) is 72.6 Å². The fourth-order valence-corrected chi connectivity index (χ4v) is 3.45. The van der Waals surface area contributed by atoms with E-state index in [1.807, 2.05) is 0 Å². The first kappa shape index (κ1) is 20.0. The van der Waals surface area contributed by atoms with E-state index in [0.29, 0.717) is 0 Å². The maximum atomic E-state index is 5.67. The molecule has 1 rings (SSSR count). The molecule has 1 heterocycles. The molecule has 0 spiro atoms. The molecular weight excluding hydrogens is 272 g/mol. The highest BCUT2D eigenvalue weighted by atomic mass is 16.7. The highest BCUT2D eigenvalue weighted by molar-refractivity contribution is 4.69. The number of hydrogen-bond donors (Lipinski definition) is 0. The Kier molecular flexibility index (Phi) is 9.66. The Morgan fingerprint density at radius 1 is 0.727 bits per heavy atom. The van der Waals surface area contributed by atoms with Gasteiger partial charge < -0.3 is 9.47 Å². The highest BCUT2D eigenvalue weighted by Gasteiger charge is 2.30. The van der Waals surface area contributed by atoms with Crippen molar-refractivity contribution < 1.29 is 9.47 Å². The lowest BCUT2D eigenvalue weighted by Crippen LogP contribution is -2.25. The van der Waals surface area contributed by atoms with Crippen LogP contribution in [0.5, 0.6) is 0 Å². The van der Waals surface area contributed by atoms with E-state index in [0.717, 1.165) is 37.4 Å². The van der Waals surface area contributed by atoms with Crippen molar-refractivity contribution in [1.82, 2.24) is 0 Å². The summed E-state index contributed by atoms with van der Waals surface area (Å²) in [6, 6.07) is 0. The van der Waals surface area contributed by atoms with Crippen molar-refractivity contribution in [2.24, 2.45) is 17.8 Å². The molecule has 0 aromatic rings. The highest BCUT2D eigenvalue weighted by Crippen LogP contribution is 2.27. The van der Waals surface area contributed by atoms with Gasteiger partial charge in [0, 0.05) is 6.42 Å². The van der Waals surface area contributed by atoms with Crippen molar-refractivity contribution in [3.05, 3.63) is 0 Å². The van der Waals surface area contributed by atoms with E-state index in [4.69, 9.17) is 9.47 Å². The summed E-state index contributed by atoms with van der Waals surface area (Å²) in [6.07, 6.45) is 12.0. The first-order valence-corrected chi connectivity index (χ1v) is 9.69. The average Bonchev–Trinajstić information content (AvgIpc) is 2.85. The van der Waals surface area contributed by atoms with Crippen molar-refractivity contribution in [2.75, 3.05) is 13.2 Å². The summed E-state index contributed by atoms with van der Waals surface area (Å²) in [5, 5.41) is 0. The van der Waals surface area contributed by atoms with Gasteiger partial charge in [0.15, 0.2) is 5.79 Å². The van der Waals surface area contributed by atoms with Crippen LogP contribution in [0.3, 0.4) is 0 Å². The summed E-state index contributed by atoms with van der Waals surface area (Å²) in [6.45, 7) is 13.1. The topological polar surface area (TPSA) is 18.5 Å². The molecular formula is C20H40O2. The van der Waals surface area contributed by atoms with E-state index < -0.39 is 0 Å². The van der Waals surface area contributed by atoms with Gasteiger partial charge in [0.1, 0.15) is 0 Å². The molecule has 2 atom stereocenters. The molecule has 1 aliphatic rings. The van der Waals surface area contributed by atoms with Crippen LogP contribution in [0.15, 0.2) is 0 Å². The Morgan fingerprint density at radius 2 is 1.18 bits per heavy atom. The van der Waals surface area contributed by atoms with E-state index in [1.165, 1.54) is 51.4 Å². The van der Waals surface area contributed by atoms with Gasteiger partial charge in [-0.25, -0.2) is 0 Å². The second-order valence-corrected chi connectivity index (χ2v) is 8.19. The summed E-state index contributed by atoms with van der Waals surface area (Å²) in [5.41, 5.74) is 0. The quantitative estimate of drug-likeness (QED) is 0.428. The average molecular weight is 313 g/mol. The zero-order chi connectivity index (χ0) is 16.4. The molecule has 0 saturated carbocycles. The molecule has 1 aliphatic heterocycles. The van der Waals surface area contributed by atoms with Crippen LogP contribution in [0.1, 0.15) is 92.4 Å². The summed E-state index contributed by atoms with van der Waals surface area (Å²) >= 11 is 0. The predicted octanol–water partition coefficient (Wildman–Crippen LogP) is 6.19. The van der Waals surface area contributed by atoms with Crippen molar-refractivity contribution in [3.63, 3.8) is 0 Å². The number of hydrogen-bond acceptors (Lipinski definition) is 2. The SMILES string of the molecule is CC(C)CCC[C@@H](C)CCC[C@@H](C)CCCC1(C)OCCO1. The van der Waals surface area contributed by atoms with Crippen LogP contribution in [0.4, 0.5) is 0 Å². The summed E-state index contributed by atoms with van der Waals surface area (Å²) in [5.74, 6) is 2.32. The monoisotopic (exact) mass is 312 g/mol. The van der Waals surface area contributed by atoms with E-state index >= 15 is 0 Å². The molecule has 132 valence electrons. The van der Waals surface area contributed by atoms with Crippen LogP contribution in [-0.4, -0.2) is 19.0 Å².